The number of hydrogen-bond acceptors (Lipinski definition) is 4. The fourth-order valence-electron chi connectivity index (χ4n) is 6.76. The van der Waals surface area contributed by atoms with E-state index in [1.54, 1.807) is 12.1 Å². The summed E-state index contributed by atoms with van der Waals surface area (Å²) in [4.78, 5) is 40.6. The molecule has 4 atom stereocenters. The number of hydrogen-bond donors (Lipinski definition) is 0. The number of amides is 2. The Labute approximate surface area is 222 Å². The first-order valence-electron chi connectivity index (χ1n) is 13.2. The highest BCUT2D eigenvalue weighted by atomic mass is 16.6. The molecule has 4 aliphatic rings. The molecule has 3 aliphatic carbocycles. The molecule has 3 aromatic rings. The number of benzene rings is 3. The number of para-hydroxylation sites is 2. The minimum absolute atomic E-state index is 0.0557. The predicted octanol–water partition coefficient (Wildman–Crippen LogP) is 6.59. The SMILES string of the molecule is CC(C)(C)c1ccc2c(c1)[C@H]1c3ccc(C(C)(C)C)cc3[C@@H]2[C@H]2C(=O)N(c3ccccc3[N+](=O)[O-])C(=O)[C@H]12. The van der Waals surface area contributed by atoms with Crippen LogP contribution >= 0.6 is 0 Å². The van der Waals surface area contributed by atoms with Crippen molar-refractivity contribution in [2.24, 2.45) is 11.8 Å². The third-order valence-electron chi connectivity index (χ3n) is 8.68. The van der Waals surface area contributed by atoms with E-state index in [-0.39, 0.29) is 45.9 Å². The lowest BCUT2D eigenvalue weighted by atomic mass is 9.54. The highest BCUT2D eigenvalue weighted by Crippen LogP contribution is 2.62. The Hall–Kier alpha value is -3.80. The van der Waals surface area contributed by atoms with E-state index in [1.807, 2.05) is 0 Å². The first-order valence-corrected chi connectivity index (χ1v) is 13.2. The molecule has 1 aliphatic heterocycles. The summed E-state index contributed by atoms with van der Waals surface area (Å²) in [7, 11) is 0. The van der Waals surface area contributed by atoms with Crippen LogP contribution in [0, 0.1) is 22.0 Å². The zero-order valence-corrected chi connectivity index (χ0v) is 22.6. The monoisotopic (exact) mass is 508 g/mol. The molecule has 0 N–H and O–H groups in total. The second kappa shape index (κ2) is 7.85. The molecule has 0 unspecified atom stereocenters. The van der Waals surface area contributed by atoms with Crippen molar-refractivity contribution in [3.8, 4) is 0 Å². The van der Waals surface area contributed by atoms with E-state index >= 15 is 0 Å². The van der Waals surface area contributed by atoms with Crippen LogP contribution in [0.2, 0.25) is 0 Å². The van der Waals surface area contributed by atoms with E-state index < -0.39 is 16.8 Å². The van der Waals surface area contributed by atoms with Crippen molar-refractivity contribution >= 4 is 23.2 Å². The van der Waals surface area contributed by atoms with Gasteiger partial charge in [0.2, 0.25) is 11.8 Å². The Balaban J connectivity index is 1.59. The first-order chi connectivity index (χ1) is 17.8. The maximum absolute atomic E-state index is 14.1. The van der Waals surface area contributed by atoms with E-state index in [2.05, 4.69) is 77.9 Å². The van der Waals surface area contributed by atoms with Crippen molar-refractivity contribution in [3.05, 3.63) is 104 Å². The van der Waals surface area contributed by atoms with Crippen molar-refractivity contribution in [3.63, 3.8) is 0 Å². The number of carbonyl (C=O) groups is 2. The predicted molar refractivity (Wildman–Crippen MR) is 147 cm³/mol. The number of nitro benzene ring substituents is 1. The molecule has 2 amide bonds. The molecule has 0 saturated carbocycles. The molecule has 7 rings (SSSR count). The van der Waals surface area contributed by atoms with Crippen LogP contribution < -0.4 is 4.90 Å². The van der Waals surface area contributed by atoms with Crippen LogP contribution in [0.3, 0.4) is 0 Å². The van der Waals surface area contributed by atoms with Crippen molar-refractivity contribution in [1.82, 2.24) is 0 Å². The van der Waals surface area contributed by atoms with Crippen LogP contribution in [0.5, 0.6) is 0 Å². The van der Waals surface area contributed by atoms with E-state index in [9.17, 15) is 19.7 Å². The van der Waals surface area contributed by atoms with Crippen molar-refractivity contribution in [2.45, 2.75) is 64.2 Å². The Morgan fingerprint density at radius 1 is 0.684 bits per heavy atom. The van der Waals surface area contributed by atoms with Crippen molar-refractivity contribution < 1.29 is 14.5 Å². The zero-order valence-electron chi connectivity index (χ0n) is 22.6. The number of anilines is 1. The summed E-state index contributed by atoms with van der Waals surface area (Å²) < 4.78 is 0. The Bertz CT molecular complexity index is 1450. The van der Waals surface area contributed by atoms with Gasteiger partial charge in [-0.25, -0.2) is 4.90 Å². The van der Waals surface area contributed by atoms with Crippen LogP contribution in [0.15, 0.2) is 60.7 Å². The van der Waals surface area contributed by atoms with Gasteiger partial charge >= 0.3 is 0 Å². The normalized spacial score (nSPS) is 23.8. The standard InChI is InChI=1S/C32H32N2O4/c1-31(2,3)17-11-13-19-21(15-17)25-20-14-12-18(32(4,5)6)16-22(20)26(19)28-27(25)29(35)33(30(28)36)23-9-7-8-10-24(23)34(37)38/h7-16,25-28H,1-6H3/t25-,26-,27-,28-/m1/s1. The van der Waals surface area contributed by atoms with Gasteiger partial charge in [-0.1, -0.05) is 90.1 Å². The van der Waals surface area contributed by atoms with Gasteiger partial charge in [-0.2, -0.15) is 0 Å². The van der Waals surface area contributed by atoms with Gasteiger partial charge in [0, 0.05) is 17.9 Å². The van der Waals surface area contributed by atoms with Gasteiger partial charge in [0.1, 0.15) is 5.69 Å². The lowest BCUT2D eigenvalue weighted by Gasteiger charge is -2.47. The molecular formula is C32H32N2O4. The van der Waals surface area contributed by atoms with E-state index in [0.717, 1.165) is 27.2 Å². The van der Waals surface area contributed by atoms with Crippen LogP contribution in [-0.4, -0.2) is 16.7 Å². The quantitative estimate of drug-likeness (QED) is 0.222. The first kappa shape index (κ1) is 24.5. The molecule has 6 heteroatoms. The third-order valence-corrected chi connectivity index (χ3v) is 8.68. The number of imide groups is 1. The van der Waals surface area contributed by atoms with Gasteiger partial charge < -0.3 is 0 Å². The Morgan fingerprint density at radius 3 is 1.55 bits per heavy atom. The molecule has 0 radical (unpaired) electrons. The molecule has 6 nitrogen and oxygen atoms in total. The van der Waals surface area contributed by atoms with Crippen molar-refractivity contribution in [2.75, 3.05) is 4.90 Å². The second-order valence-electron chi connectivity index (χ2n) is 13.0. The fraction of sp³-hybridized carbons (Fsp3) is 0.375. The zero-order chi connectivity index (χ0) is 27.3. The summed E-state index contributed by atoms with van der Waals surface area (Å²) in [5.74, 6) is -2.44. The number of nitrogens with zero attached hydrogens (tertiary/aromatic N) is 2. The summed E-state index contributed by atoms with van der Waals surface area (Å²) in [6, 6.07) is 19.0. The lowest BCUT2D eigenvalue weighted by Crippen LogP contribution is -2.42. The average Bonchev–Trinajstić information content (AvgIpc) is 3.12. The summed E-state index contributed by atoms with van der Waals surface area (Å²) in [6.07, 6.45) is 0. The summed E-state index contributed by atoms with van der Waals surface area (Å²) in [5.41, 5.74) is 6.42. The molecule has 0 aromatic heterocycles. The number of nitro groups is 1. The third kappa shape index (κ3) is 3.32. The lowest BCUT2D eigenvalue weighted by molar-refractivity contribution is -0.384. The van der Waals surface area contributed by atoms with Gasteiger partial charge in [-0.15, -0.1) is 0 Å². The molecule has 1 heterocycles. The molecule has 1 saturated heterocycles. The highest BCUT2D eigenvalue weighted by molar-refractivity contribution is 6.24. The largest absolute Gasteiger partial charge is 0.293 e. The average molecular weight is 509 g/mol. The number of carbonyl (C=O) groups excluding carboxylic acids is 2. The van der Waals surface area contributed by atoms with Gasteiger partial charge in [0.05, 0.1) is 16.8 Å². The molecule has 1 fully saturated rings. The van der Waals surface area contributed by atoms with Crippen LogP contribution in [0.1, 0.15) is 86.8 Å². The van der Waals surface area contributed by atoms with Crippen LogP contribution in [0.4, 0.5) is 11.4 Å². The Kier molecular flexibility index (Phi) is 5.07. The smallest absolute Gasteiger partial charge is 0.274 e. The van der Waals surface area contributed by atoms with Crippen LogP contribution in [0.25, 0.3) is 0 Å². The maximum atomic E-state index is 14.1. The molecule has 194 valence electrons. The fourth-order valence-corrected chi connectivity index (χ4v) is 6.76. The second-order valence-corrected chi connectivity index (χ2v) is 13.0. The van der Waals surface area contributed by atoms with Gasteiger partial charge in [0.25, 0.3) is 5.69 Å². The summed E-state index contributed by atoms with van der Waals surface area (Å²) in [6.45, 7) is 13.0. The molecule has 0 spiro atoms. The van der Waals surface area contributed by atoms with Crippen molar-refractivity contribution in [1.29, 1.82) is 0 Å². The minimum atomic E-state index is -0.594. The van der Waals surface area contributed by atoms with E-state index in [0.29, 0.717) is 0 Å². The maximum Gasteiger partial charge on any atom is 0.293 e. The van der Waals surface area contributed by atoms with Gasteiger partial charge in [-0.3, -0.25) is 19.7 Å². The highest BCUT2D eigenvalue weighted by Gasteiger charge is 2.62. The van der Waals surface area contributed by atoms with Gasteiger partial charge in [-0.05, 0) is 50.3 Å². The van der Waals surface area contributed by atoms with Gasteiger partial charge in [0.15, 0.2) is 0 Å². The number of rotatable bonds is 2. The van der Waals surface area contributed by atoms with E-state index in [4.69, 9.17) is 0 Å². The molecule has 38 heavy (non-hydrogen) atoms. The summed E-state index contributed by atoms with van der Waals surface area (Å²) in [5, 5.41) is 11.8. The molecule has 2 bridgehead atoms. The van der Waals surface area contributed by atoms with Crippen LogP contribution in [-0.2, 0) is 20.4 Å². The minimum Gasteiger partial charge on any atom is -0.274 e. The summed E-state index contributed by atoms with van der Waals surface area (Å²) >= 11 is 0. The topological polar surface area (TPSA) is 80.5 Å². The molecule has 3 aromatic carbocycles. The van der Waals surface area contributed by atoms with E-state index in [1.165, 1.54) is 23.3 Å². The molecular weight excluding hydrogens is 476 g/mol. The Morgan fingerprint density at radius 2 is 1.13 bits per heavy atom.